The lowest BCUT2D eigenvalue weighted by Crippen LogP contribution is -2.55. The van der Waals surface area contributed by atoms with Crippen LogP contribution in [0.1, 0.15) is 39.2 Å². The number of ether oxygens (including phenoxy) is 2. The topological polar surface area (TPSA) is 81.9 Å². The van der Waals surface area contributed by atoms with Gasteiger partial charge in [-0.2, -0.15) is 0 Å². The number of nitrogens with two attached hydrogens (primary N) is 1. The van der Waals surface area contributed by atoms with Crippen molar-refractivity contribution >= 4 is 12.1 Å². The quantitative estimate of drug-likeness (QED) is 0.859. The Balaban J connectivity index is 2.01. The molecule has 1 fully saturated rings. The summed E-state index contributed by atoms with van der Waals surface area (Å²) in [4.78, 5) is 26.2. The maximum absolute atomic E-state index is 12.4. The minimum Gasteiger partial charge on any atom is -0.459 e. The predicted molar refractivity (Wildman–Crippen MR) is 90.2 cm³/mol. The van der Waals surface area contributed by atoms with Crippen LogP contribution in [0.4, 0.5) is 4.79 Å². The largest absolute Gasteiger partial charge is 0.459 e. The molecular formula is C18H26N2O4. The summed E-state index contributed by atoms with van der Waals surface area (Å²) in [6.45, 7) is 5.84. The molecule has 132 valence electrons. The molecule has 0 saturated carbocycles. The molecule has 0 bridgehead atoms. The van der Waals surface area contributed by atoms with Crippen molar-refractivity contribution in [2.75, 3.05) is 6.54 Å². The zero-order valence-corrected chi connectivity index (χ0v) is 14.5. The summed E-state index contributed by atoms with van der Waals surface area (Å²) >= 11 is 0. The average molecular weight is 334 g/mol. The van der Waals surface area contributed by atoms with E-state index in [2.05, 4.69) is 0 Å². The zero-order valence-electron chi connectivity index (χ0n) is 14.5. The second-order valence-electron chi connectivity index (χ2n) is 7.08. The predicted octanol–water partition coefficient (Wildman–Crippen LogP) is 2.46. The molecule has 0 radical (unpaired) electrons. The third kappa shape index (κ3) is 5.23. The highest BCUT2D eigenvalue weighted by molar-refractivity contribution is 5.82. The Kier molecular flexibility index (Phi) is 5.83. The van der Waals surface area contributed by atoms with Crippen molar-refractivity contribution in [3.05, 3.63) is 35.9 Å². The molecule has 2 unspecified atom stereocenters. The van der Waals surface area contributed by atoms with Crippen molar-refractivity contribution in [3.8, 4) is 0 Å². The Morgan fingerprint density at radius 3 is 2.50 bits per heavy atom. The minimum absolute atomic E-state index is 0.157. The lowest BCUT2D eigenvalue weighted by Gasteiger charge is -2.37. The van der Waals surface area contributed by atoms with Crippen LogP contribution in [-0.2, 0) is 20.9 Å². The van der Waals surface area contributed by atoms with Gasteiger partial charge in [-0.15, -0.1) is 0 Å². The first-order chi connectivity index (χ1) is 11.3. The third-order valence-corrected chi connectivity index (χ3v) is 3.74. The number of carbonyl (C=O) groups excluding carboxylic acids is 2. The fraction of sp³-hybridized carbons (Fsp3) is 0.556. The van der Waals surface area contributed by atoms with Crippen LogP contribution in [0.5, 0.6) is 0 Å². The molecule has 1 aliphatic rings. The summed E-state index contributed by atoms with van der Waals surface area (Å²) in [5.41, 5.74) is 6.23. The Hall–Kier alpha value is -2.08. The third-order valence-electron chi connectivity index (χ3n) is 3.74. The van der Waals surface area contributed by atoms with Gasteiger partial charge in [-0.05, 0) is 39.2 Å². The summed E-state index contributed by atoms with van der Waals surface area (Å²) in [6, 6.07) is 8.63. The van der Waals surface area contributed by atoms with E-state index in [1.165, 1.54) is 4.90 Å². The highest BCUT2D eigenvalue weighted by atomic mass is 16.6. The maximum atomic E-state index is 12.4. The van der Waals surface area contributed by atoms with Gasteiger partial charge in [0.2, 0.25) is 0 Å². The van der Waals surface area contributed by atoms with Crippen molar-refractivity contribution in [2.45, 2.75) is 57.9 Å². The Morgan fingerprint density at radius 1 is 1.21 bits per heavy atom. The van der Waals surface area contributed by atoms with Crippen molar-refractivity contribution in [3.63, 3.8) is 0 Å². The number of nitrogens with zero attached hydrogens (tertiary/aromatic N) is 1. The summed E-state index contributed by atoms with van der Waals surface area (Å²) in [5, 5.41) is 0. The second-order valence-corrected chi connectivity index (χ2v) is 7.08. The fourth-order valence-corrected chi connectivity index (χ4v) is 2.59. The zero-order chi connectivity index (χ0) is 17.7. The molecule has 1 amide bonds. The first-order valence-corrected chi connectivity index (χ1v) is 8.22. The van der Waals surface area contributed by atoms with Crippen LogP contribution in [0.15, 0.2) is 30.3 Å². The van der Waals surface area contributed by atoms with Crippen LogP contribution >= 0.6 is 0 Å². The molecule has 2 rings (SSSR count). The van der Waals surface area contributed by atoms with Gasteiger partial charge in [-0.1, -0.05) is 30.3 Å². The second kappa shape index (κ2) is 7.66. The number of rotatable bonds is 3. The standard InChI is InChI=1S/C18H26N2O4/c1-18(2,3)24-17(22)20-11-14(19)9-10-15(20)16(21)23-12-13-7-5-4-6-8-13/h4-8,14-15H,9-12,19H2,1-3H3. The van der Waals surface area contributed by atoms with Gasteiger partial charge in [0.15, 0.2) is 0 Å². The van der Waals surface area contributed by atoms with Gasteiger partial charge in [0.05, 0.1) is 0 Å². The van der Waals surface area contributed by atoms with Crippen LogP contribution < -0.4 is 5.73 Å². The van der Waals surface area contributed by atoms with E-state index < -0.39 is 23.7 Å². The normalized spacial score (nSPS) is 21.2. The summed E-state index contributed by atoms with van der Waals surface area (Å²) < 4.78 is 10.8. The van der Waals surface area contributed by atoms with Crippen molar-refractivity contribution in [1.29, 1.82) is 0 Å². The molecule has 1 aliphatic heterocycles. The molecule has 24 heavy (non-hydrogen) atoms. The highest BCUT2D eigenvalue weighted by Gasteiger charge is 2.38. The van der Waals surface area contributed by atoms with Gasteiger partial charge in [0.25, 0.3) is 0 Å². The molecule has 6 nitrogen and oxygen atoms in total. The molecule has 2 N–H and O–H groups in total. The average Bonchev–Trinajstić information content (AvgIpc) is 2.52. The smallest absolute Gasteiger partial charge is 0.411 e. The first kappa shape index (κ1) is 18.3. The van der Waals surface area contributed by atoms with Gasteiger partial charge in [0, 0.05) is 12.6 Å². The van der Waals surface area contributed by atoms with Gasteiger partial charge >= 0.3 is 12.1 Å². The molecule has 0 aromatic heterocycles. The van der Waals surface area contributed by atoms with Crippen molar-refractivity contribution < 1.29 is 19.1 Å². The van der Waals surface area contributed by atoms with E-state index in [-0.39, 0.29) is 12.6 Å². The van der Waals surface area contributed by atoms with Gasteiger partial charge in [-0.25, -0.2) is 9.59 Å². The number of benzene rings is 1. The van der Waals surface area contributed by atoms with E-state index in [1.54, 1.807) is 20.8 Å². The fourth-order valence-electron chi connectivity index (χ4n) is 2.59. The minimum atomic E-state index is -0.650. The van der Waals surface area contributed by atoms with E-state index in [9.17, 15) is 9.59 Å². The van der Waals surface area contributed by atoms with Gasteiger partial charge in [0.1, 0.15) is 18.2 Å². The molecular weight excluding hydrogens is 308 g/mol. The van der Waals surface area contributed by atoms with E-state index in [1.807, 2.05) is 30.3 Å². The maximum Gasteiger partial charge on any atom is 0.411 e. The number of esters is 1. The van der Waals surface area contributed by atoms with Crippen LogP contribution in [0.25, 0.3) is 0 Å². The number of amides is 1. The van der Waals surface area contributed by atoms with E-state index in [0.29, 0.717) is 19.4 Å². The summed E-state index contributed by atoms with van der Waals surface area (Å²) in [6.07, 6.45) is 0.623. The first-order valence-electron chi connectivity index (χ1n) is 8.22. The van der Waals surface area contributed by atoms with Crippen molar-refractivity contribution in [2.24, 2.45) is 5.73 Å². The number of carbonyl (C=O) groups is 2. The van der Waals surface area contributed by atoms with E-state index in [0.717, 1.165) is 5.56 Å². The number of hydrogen-bond donors (Lipinski definition) is 1. The van der Waals surface area contributed by atoms with Crippen LogP contribution in [0, 0.1) is 0 Å². The SMILES string of the molecule is CC(C)(C)OC(=O)N1CC(N)CCC1C(=O)OCc1ccccc1. The summed E-state index contributed by atoms with van der Waals surface area (Å²) in [5.74, 6) is -0.420. The molecule has 1 aromatic rings. The molecule has 1 heterocycles. The Bertz CT molecular complexity index is 568. The Morgan fingerprint density at radius 2 is 1.88 bits per heavy atom. The van der Waals surface area contributed by atoms with E-state index >= 15 is 0 Å². The molecule has 2 atom stereocenters. The summed E-state index contributed by atoms with van der Waals surface area (Å²) in [7, 11) is 0. The number of likely N-dealkylation sites (tertiary alicyclic amines) is 1. The van der Waals surface area contributed by atoms with Crippen LogP contribution in [0.2, 0.25) is 0 Å². The van der Waals surface area contributed by atoms with Gasteiger partial charge < -0.3 is 15.2 Å². The highest BCUT2D eigenvalue weighted by Crippen LogP contribution is 2.21. The Labute approximate surface area is 142 Å². The van der Waals surface area contributed by atoms with E-state index in [4.69, 9.17) is 15.2 Å². The lowest BCUT2D eigenvalue weighted by atomic mass is 9.99. The molecule has 0 spiro atoms. The molecule has 1 aromatic carbocycles. The lowest BCUT2D eigenvalue weighted by molar-refractivity contribution is -0.152. The van der Waals surface area contributed by atoms with Gasteiger partial charge in [-0.3, -0.25) is 4.90 Å². The number of piperidine rings is 1. The molecule has 1 saturated heterocycles. The van der Waals surface area contributed by atoms with Crippen LogP contribution in [0.3, 0.4) is 0 Å². The monoisotopic (exact) mass is 334 g/mol. The number of hydrogen-bond acceptors (Lipinski definition) is 5. The van der Waals surface area contributed by atoms with Crippen LogP contribution in [-0.4, -0.2) is 41.2 Å². The van der Waals surface area contributed by atoms with Crippen molar-refractivity contribution in [1.82, 2.24) is 4.90 Å². The molecule has 6 heteroatoms. The molecule has 0 aliphatic carbocycles.